The van der Waals surface area contributed by atoms with Gasteiger partial charge in [-0.2, -0.15) is 4.57 Å². The fraction of sp³-hybridized carbons (Fsp3) is 0.148. The molecule has 1 aromatic heterocycles. The van der Waals surface area contributed by atoms with Crippen LogP contribution in [0.4, 0.5) is 0 Å². The Hall–Kier alpha value is -3.39. The van der Waals surface area contributed by atoms with E-state index in [1.165, 1.54) is 54.7 Å². The summed E-state index contributed by atoms with van der Waals surface area (Å²) in [6.45, 7) is 5.32. The molecule has 1 aliphatic carbocycles. The average molecular weight is 374 g/mol. The molecule has 2 heterocycles. The van der Waals surface area contributed by atoms with Gasteiger partial charge in [0.05, 0.1) is 5.56 Å². The van der Waals surface area contributed by atoms with Crippen LogP contribution in [0, 0.1) is 0 Å². The van der Waals surface area contributed by atoms with Crippen LogP contribution in [0.25, 0.3) is 43.6 Å². The van der Waals surface area contributed by atoms with Crippen LogP contribution >= 0.6 is 0 Å². The molecule has 7 rings (SSSR count). The van der Waals surface area contributed by atoms with Gasteiger partial charge in [-0.1, -0.05) is 68.4 Å². The summed E-state index contributed by atoms with van der Waals surface area (Å²) in [5.41, 5.74) is 5.34. The Bertz CT molecular complexity index is 1530. The number of hydrogen-bond acceptors (Lipinski definition) is 1. The Morgan fingerprint density at radius 1 is 0.793 bits per heavy atom. The Morgan fingerprint density at radius 2 is 1.52 bits per heavy atom. The lowest BCUT2D eigenvalue weighted by Crippen LogP contribution is -2.41. The molecule has 0 spiro atoms. The first-order valence-corrected chi connectivity index (χ1v) is 10.2. The van der Waals surface area contributed by atoms with Crippen molar-refractivity contribution in [3.63, 3.8) is 0 Å². The van der Waals surface area contributed by atoms with E-state index < -0.39 is 0 Å². The highest BCUT2D eigenvalue weighted by molar-refractivity contribution is 6.13. The lowest BCUT2D eigenvalue weighted by atomic mass is 9.78. The third kappa shape index (κ3) is 1.76. The Morgan fingerprint density at radius 3 is 2.38 bits per heavy atom. The zero-order chi connectivity index (χ0) is 19.3. The molecular weight excluding hydrogens is 354 g/mol. The maximum absolute atomic E-state index is 6.26. The standard InChI is InChI=1S/C27H20NO/c1-27(2)24-20-10-6-4-8-17(20)13-21-23(24)26-25(27)22-18(14-28(26)15-29-21)12-11-16-7-3-5-9-19(16)22/h3-14H,15H2,1-2H3/q+1. The van der Waals surface area contributed by atoms with Gasteiger partial charge in [-0.3, -0.25) is 0 Å². The molecule has 0 atom stereocenters. The van der Waals surface area contributed by atoms with Gasteiger partial charge in [0.1, 0.15) is 5.75 Å². The van der Waals surface area contributed by atoms with E-state index in [1.807, 2.05) is 0 Å². The largest absolute Gasteiger partial charge is 0.435 e. The van der Waals surface area contributed by atoms with Crippen LogP contribution in [0.3, 0.4) is 0 Å². The fourth-order valence-corrected chi connectivity index (χ4v) is 5.73. The summed E-state index contributed by atoms with van der Waals surface area (Å²) in [6, 6.07) is 24.2. The predicted molar refractivity (Wildman–Crippen MR) is 117 cm³/mol. The average Bonchev–Trinajstić information content (AvgIpc) is 3.00. The summed E-state index contributed by atoms with van der Waals surface area (Å²) >= 11 is 0. The van der Waals surface area contributed by atoms with Crippen molar-refractivity contribution in [2.24, 2.45) is 0 Å². The number of pyridine rings is 1. The summed E-state index contributed by atoms with van der Waals surface area (Å²) in [5, 5.41) is 7.88. The normalized spacial score (nSPS) is 15.7. The SMILES string of the molecule is CC1(C)c2c3c(cc4ccccc24)OC[n+]2cc4ccc5ccccc5c4c1c2-3. The van der Waals surface area contributed by atoms with E-state index >= 15 is 0 Å². The molecule has 0 saturated carbocycles. The number of aromatic nitrogens is 1. The van der Waals surface area contributed by atoms with E-state index in [-0.39, 0.29) is 5.41 Å². The third-order valence-electron chi connectivity index (χ3n) is 6.89. The van der Waals surface area contributed by atoms with Gasteiger partial charge in [0.2, 0.25) is 5.69 Å². The van der Waals surface area contributed by atoms with Crippen molar-refractivity contribution in [2.45, 2.75) is 26.0 Å². The third-order valence-corrected chi connectivity index (χ3v) is 6.89. The molecular formula is C27H20NO+. The first-order chi connectivity index (χ1) is 14.1. The summed E-state index contributed by atoms with van der Waals surface area (Å²) in [6.07, 6.45) is 2.27. The second kappa shape index (κ2) is 4.96. The van der Waals surface area contributed by atoms with Crippen molar-refractivity contribution in [2.75, 3.05) is 0 Å². The van der Waals surface area contributed by atoms with E-state index in [9.17, 15) is 0 Å². The van der Waals surface area contributed by atoms with Crippen molar-refractivity contribution in [1.82, 2.24) is 0 Å². The minimum absolute atomic E-state index is 0.112. The molecule has 0 amide bonds. The maximum Gasteiger partial charge on any atom is 0.292 e. The second-order valence-corrected chi connectivity index (χ2v) is 8.82. The van der Waals surface area contributed by atoms with Crippen LogP contribution < -0.4 is 9.30 Å². The van der Waals surface area contributed by atoms with E-state index in [0.717, 1.165) is 5.75 Å². The summed E-state index contributed by atoms with van der Waals surface area (Å²) < 4.78 is 8.57. The maximum atomic E-state index is 6.26. The highest BCUT2D eigenvalue weighted by atomic mass is 16.5. The van der Waals surface area contributed by atoms with Crippen LogP contribution in [-0.2, 0) is 12.1 Å². The van der Waals surface area contributed by atoms with Crippen LogP contribution in [0.15, 0.2) is 72.9 Å². The van der Waals surface area contributed by atoms with E-state index in [2.05, 4.69) is 91.3 Å². The van der Waals surface area contributed by atoms with Crippen molar-refractivity contribution < 1.29 is 9.30 Å². The van der Waals surface area contributed by atoms with Crippen molar-refractivity contribution in [1.29, 1.82) is 0 Å². The van der Waals surface area contributed by atoms with Crippen molar-refractivity contribution >= 4 is 32.3 Å². The Balaban J connectivity index is 1.77. The first-order valence-electron chi connectivity index (χ1n) is 10.2. The number of hydrogen-bond donors (Lipinski definition) is 0. The molecule has 0 bridgehead atoms. The molecule has 0 fully saturated rings. The molecule has 2 heteroatoms. The number of benzene rings is 4. The molecule has 2 nitrogen and oxygen atoms in total. The van der Waals surface area contributed by atoms with Crippen molar-refractivity contribution in [3.8, 4) is 17.0 Å². The molecule has 0 N–H and O–H groups in total. The van der Waals surface area contributed by atoms with Gasteiger partial charge in [0, 0.05) is 21.8 Å². The van der Waals surface area contributed by atoms with Crippen LogP contribution in [0.1, 0.15) is 25.0 Å². The number of ether oxygens (including phenoxy) is 1. The zero-order valence-corrected chi connectivity index (χ0v) is 16.5. The number of nitrogens with zero attached hydrogens (tertiary/aromatic N) is 1. The summed E-state index contributed by atoms with van der Waals surface area (Å²) in [7, 11) is 0. The predicted octanol–water partition coefficient (Wildman–Crippen LogP) is 6.09. The molecule has 0 radical (unpaired) electrons. The highest BCUT2D eigenvalue weighted by Crippen LogP contribution is 2.57. The molecule has 0 saturated heterocycles. The molecule has 1 aliphatic heterocycles. The Kier molecular flexibility index (Phi) is 2.65. The van der Waals surface area contributed by atoms with Gasteiger partial charge in [-0.25, -0.2) is 0 Å². The number of rotatable bonds is 0. The highest BCUT2D eigenvalue weighted by Gasteiger charge is 2.48. The quantitative estimate of drug-likeness (QED) is 0.236. The summed E-state index contributed by atoms with van der Waals surface area (Å²) in [4.78, 5) is 0. The van der Waals surface area contributed by atoms with Gasteiger partial charge in [-0.05, 0) is 39.2 Å². The molecule has 2 aliphatic rings. The van der Waals surface area contributed by atoms with Crippen LogP contribution in [0.5, 0.6) is 5.75 Å². The van der Waals surface area contributed by atoms with Crippen molar-refractivity contribution in [3.05, 3.63) is 84.1 Å². The molecule has 29 heavy (non-hydrogen) atoms. The van der Waals surface area contributed by atoms with E-state index in [0.29, 0.717) is 6.73 Å². The lowest BCUT2D eigenvalue weighted by molar-refractivity contribution is -0.716. The monoisotopic (exact) mass is 374 g/mol. The van der Waals surface area contributed by atoms with Gasteiger partial charge in [0.15, 0.2) is 6.20 Å². The fourth-order valence-electron chi connectivity index (χ4n) is 5.73. The van der Waals surface area contributed by atoms with Gasteiger partial charge < -0.3 is 4.74 Å². The first kappa shape index (κ1) is 15.5. The minimum atomic E-state index is -0.112. The van der Waals surface area contributed by atoms with E-state index in [4.69, 9.17) is 4.74 Å². The van der Waals surface area contributed by atoms with Gasteiger partial charge in [-0.15, -0.1) is 0 Å². The van der Waals surface area contributed by atoms with Crippen LogP contribution in [0.2, 0.25) is 0 Å². The molecule has 5 aromatic rings. The smallest absolute Gasteiger partial charge is 0.292 e. The molecule has 138 valence electrons. The van der Waals surface area contributed by atoms with Crippen LogP contribution in [-0.4, -0.2) is 0 Å². The summed E-state index contributed by atoms with van der Waals surface area (Å²) in [5.74, 6) is 1.02. The Labute approximate surface area is 169 Å². The lowest BCUT2D eigenvalue weighted by Gasteiger charge is -2.23. The molecule has 4 aromatic carbocycles. The second-order valence-electron chi connectivity index (χ2n) is 8.82. The van der Waals surface area contributed by atoms with Gasteiger partial charge in [0.25, 0.3) is 6.73 Å². The minimum Gasteiger partial charge on any atom is -0.435 e. The van der Waals surface area contributed by atoms with E-state index in [1.54, 1.807) is 0 Å². The van der Waals surface area contributed by atoms with Gasteiger partial charge >= 0.3 is 0 Å². The molecule has 0 unspecified atom stereocenters. The number of fused-ring (bicyclic) bond motifs is 6. The zero-order valence-electron chi connectivity index (χ0n) is 16.5. The topological polar surface area (TPSA) is 13.1 Å².